The molecule has 1 aliphatic rings. The van der Waals surface area contributed by atoms with E-state index in [0.29, 0.717) is 17.2 Å². The summed E-state index contributed by atoms with van der Waals surface area (Å²) in [5.74, 6) is -0.175. The second-order valence-corrected chi connectivity index (χ2v) is 11.9. The first kappa shape index (κ1) is 32.8. The third-order valence-electron chi connectivity index (χ3n) is 8.80. The number of aromatic amines is 1. The van der Waals surface area contributed by atoms with Crippen LogP contribution in [-0.4, -0.2) is 76.6 Å². The predicted octanol–water partition coefficient (Wildman–Crippen LogP) is 5.34. The molecule has 9 nitrogen and oxygen atoms in total. The van der Waals surface area contributed by atoms with Crippen LogP contribution in [0.4, 0.5) is 0 Å². The van der Waals surface area contributed by atoms with Crippen molar-refractivity contribution in [2.24, 2.45) is 4.99 Å². The average Bonchev–Trinajstić information content (AvgIpc) is 3.44. The number of likely N-dealkylation sites (tertiary alicyclic amines) is 1. The molecule has 5 heterocycles. The van der Waals surface area contributed by atoms with Gasteiger partial charge in [-0.05, 0) is 115 Å². The second kappa shape index (κ2) is 14.6. The molecule has 0 bridgehead atoms. The number of rotatable bonds is 7. The topological polar surface area (TPSA) is 98.1 Å². The maximum Gasteiger partial charge on any atom is 0.253 e. The zero-order valence-electron chi connectivity index (χ0n) is 27.4. The van der Waals surface area contributed by atoms with E-state index in [2.05, 4.69) is 67.8 Å². The van der Waals surface area contributed by atoms with E-state index in [1.54, 1.807) is 25.7 Å². The first-order valence-electron chi connectivity index (χ1n) is 15.4. The molecule has 44 heavy (non-hydrogen) atoms. The minimum atomic E-state index is -0.175. The van der Waals surface area contributed by atoms with Crippen LogP contribution in [-0.2, 0) is 6.54 Å². The average molecular weight is 598 g/mol. The number of aliphatic imine (C=N–C) groups is 1. The Morgan fingerprint density at radius 1 is 1.14 bits per heavy atom. The lowest BCUT2D eigenvalue weighted by Crippen LogP contribution is -2.43. The Hall–Kier alpha value is -4.08. The molecule has 5 rings (SSSR count). The molecule has 0 spiro atoms. The number of carbonyl (C=O) groups excluding carboxylic acids is 1. The summed E-state index contributed by atoms with van der Waals surface area (Å²) in [7, 11) is 6.07. The number of pyridine rings is 3. The van der Waals surface area contributed by atoms with Gasteiger partial charge in [-0.2, -0.15) is 0 Å². The summed E-state index contributed by atoms with van der Waals surface area (Å²) in [6.07, 6.45) is 9.77. The molecule has 0 saturated carbocycles. The Morgan fingerprint density at radius 2 is 1.80 bits per heavy atom. The molecule has 0 aliphatic carbocycles. The molecule has 1 atom stereocenters. The summed E-state index contributed by atoms with van der Waals surface area (Å²) in [5, 5.41) is 3.03. The Bertz CT molecular complexity index is 1660. The SMILES string of the molecule is CC=NC.Cc1cc(C)c(CNC(=O)c2cc3cc(-c4ccncc4)cn3c(C(C)N3CCC(N(C)C)CC3)c2C)c(=O)[nH]1. The zero-order valence-corrected chi connectivity index (χ0v) is 27.4. The Kier molecular flexibility index (Phi) is 10.9. The highest BCUT2D eigenvalue weighted by Crippen LogP contribution is 2.33. The van der Waals surface area contributed by atoms with E-state index in [9.17, 15) is 9.59 Å². The number of piperidine rings is 1. The van der Waals surface area contributed by atoms with Crippen LogP contribution in [0.25, 0.3) is 16.6 Å². The van der Waals surface area contributed by atoms with Gasteiger partial charge in [0.1, 0.15) is 0 Å². The van der Waals surface area contributed by atoms with Crippen LogP contribution in [0.1, 0.15) is 71.2 Å². The van der Waals surface area contributed by atoms with Crippen LogP contribution in [0.2, 0.25) is 0 Å². The Balaban J connectivity index is 0.00000104. The highest BCUT2D eigenvalue weighted by atomic mass is 16.1. The summed E-state index contributed by atoms with van der Waals surface area (Å²) in [6.45, 7) is 12.1. The highest BCUT2D eigenvalue weighted by molar-refractivity contribution is 5.97. The minimum Gasteiger partial charge on any atom is -0.348 e. The second-order valence-electron chi connectivity index (χ2n) is 11.9. The molecule has 1 unspecified atom stereocenters. The van der Waals surface area contributed by atoms with Crippen molar-refractivity contribution in [2.75, 3.05) is 34.2 Å². The zero-order chi connectivity index (χ0) is 32.0. The summed E-state index contributed by atoms with van der Waals surface area (Å²) in [5.41, 5.74) is 7.96. The van der Waals surface area contributed by atoms with Crippen molar-refractivity contribution in [3.63, 3.8) is 0 Å². The van der Waals surface area contributed by atoms with Crippen LogP contribution >= 0.6 is 0 Å². The lowest BCUT2D eigenvalue weighted by atomic mass is 9.97. The van der Waals surface area contributed by atoms with Gasteiger partial charge in [-0.1, -0.05) is 0 Å². The molecule has 0 radical (unpaired) electrons. The molecule has 2 N–H and O–H groups in total. The van der Waals surface area contributed by atoms with Crippen molar-refractivity contribution >= 4 is 17.6 Å². The lowest BCUT2D eigenvalue weighted by molar-refractivity contribution is 0.0948. The lowest BCUT2D eigenvalue weighted by Gasteiger charge is -2.39. The number of nitrogens with zero attached hydrogens (tertiary/aromatic N) is 5. The molecule has 1 fully saturated rings. The Morgan fingerprint density at radius 3 is 2.39 bits per heavy atom. The summed E-state index contributed by atoms with van der Waals surface area (Å²) < 4.78 is 2.25. The summed E-state index contributed by atoms with van der Waals surface area (Å²) >= 11 is 0. The monoisotopic (exact) mass is 597 g/mol. The smallest absolute Gasteiger partial charge is 0.253 e. The van der Waals surface area contributed by atoms with Gasteiger partial charge in [-0.3, -0.25) is 19.5 Å². The van der Waals surface area contributed by atoms with Gasteiger partial charge in [-0.15, -0.1) is 0 Å². The van der Waals surface area contributed by atoms with E-state index in [1.807, 2.05) is 52.0 Å². The van der Waals surface area contributed by atoms with Gasteiger partial charge in [0.05, 0.1) is 0 Å². The minimum absolute atomic E-state index is 0.123. The molecule has 4 aromatic rings. The van der Waals surface area contributed by atoms with Crippen LogP contribution in [0.15, 0.2) is 58.7 Å². The third-order valence-corrected chi connectivity index (χ3v) is 8.80. The Labute approximate surface area is 261 Å². The fraction of sp³-hybridized carbons (Fsp3) is 0.429. The number of aryl methyl sites for hydroxylation is 2. The molecule has 1 saturated heterocycles. The largest absolute Gasteiger partial charge is 0.348 e. The van der Waals surface area contributed by atoms with Crippen molar-refractivity contribution in [1.29, 1.82) is 0 Å². The van der Waals surface area contributed by atoms with Crippen LogP contribution in [0, 0.1) is 20.8 Å². The quantitative estimate of drug-likeness (QED) is 0.281. The molecule has 234 valence electrons. The molecule has 4 aromatic heterocycles. The van der Waals surface area contributed by atoms with Gasteiger partial charge in [-0.25, -0.2) is 0 Å². The number of carbonyl (C=O) groups is 1. The molecular formula is C35H47N7O2. The van der Waals surface area contributed by atoms with Gasteiger partial charge in [0.25, 0.3) is 11.5 Å². The van der Waals surface area contributed by atoms with E-state index in [1.165, 1.54) is 0 Å². The first-order chi connectivity index (χ1) is 21.0. The van der Waals surface area contributed by atoms with Crippen LogP contribution in [0.3, 0.4) is 0 Å². The molecule has 1 amide bonds. The number of aromatic nitrogens is 3. The van der Waals surface area contributed by atoms with Gasteiger partial charge >= 0.3 is 0 Å². The van der Waals surface area contributed by atoms with Crippen molar-refractivity contribution < 1.29 is 4.79 Å². The van der Waals surface area contributed by atoms with E-state index in [-0.39, 0.29) is 24.1 Å². The van der Waals surface area contributed by atoms with Crippen LogP contribution in [0.5, 0.6) is 0 Å². The number of amides is 1. The number of hydrogen-bond acceptors (Lipinski definition) is 6. The fourth-order valence-electron chi connectivity index (χ4n) is 6.15. The van der Waals surface area contributed by atoms with Gasteiger partial charge < -0.3 is 24.6 Å². The van der Waals surface area contributed by atoms with E-state index in [4.69, 9.17) is 0 Å². The van der Waals surface area contributed by atoms with Crippen molar-refractivity contribution in [3.05, 3.63) is 92.9 Å². The van der Waals surface area contributed by atoms with Gasteiger partial charge in [0, 0.05) is 91.0 Å². The molecule has 1 aliphatic heterocycles. The highest BCUT2D eigenvalue weighted by Gasteiger charge is 2.28. The number of H-pyrrole nitrogens is 1. The van der Waals surface area contributed by atoms with E-state index < -0.39 is 0 Å². The van der Waals surface area contributed by atoms with E-state index >= 15 is 0 Å². The molecular weight excluding hydrogens is 550 g/mol. The summed E-state index contributed by atoms with van der Waals surface area (Å²) in [4.78, 5) is 41.7. The van der Waals surface area contributed by atoms with Crippen molar-refractivity contribution in [3.8, 4) is 11.1 Å². The maximum absolute atomic E-state index is 13.7. The maximum atomic E-state index is 13.7. The number of hydrogen-bond donors (Lipinski definition) is 2. The molecule has 0 aromatic carbocycles. The number of fused-ring (bicyclic) bond motifs is 1. The normalized spacial score (nSPS) is 15.0. The van der Waals surface area contributed by atoms with Crippen molar-refractivity contribution in [2.45, 2.75) is 66.1 Å². The van der Waals surface area contributed by atoms with Crippen molar-refractivity contribution in [1.82, 2.24) is 29.5 Å². The standard InChI is InChI=1S/C32H40N6O2.C3H7N/c1-20-15-21(2)35-32(40)29(20)18-34-31(39)28-17-27-16-25(24-7-11-33-12-8-24)19-38(27)30(22(28)3)23(4)37-13-9-26(10-14-37)36(5)6;1-3-4-2/h7-8,11-12,15-17,19,23,26H,9-10,13-14,18H2,1-6H3,(H,34,39)(H,35,40);3H,1-2H3. The fourth-order valence-corrected chi connectivity index (χ4v) is 6.15. The van der Waals surface area contributed by atoms with E-state index in [0.717, 1.165) is 65.1 Å². The van der Waals surface area contributed by atoms with Gasteiger partial charge in [0.2, 0.25) is 0 Å². The summed E-state index contributed by atoms with van der Waals surface area (Å²) in [6, 6.07) is 10.8. The third kappa shape index (κ3) is 7.34. The molecule has 9 heteroatoms. The predicted molar refractivity (Wildman–Crippen MR) is 180 cm³/mol. The van der Waals surface area contributed by atoms with Crippen LogP contribution < -0.4 is 10.9 Å². The first-order valence-corrected chi connectivity index (χ1v) is 15.4. The van der Waals surface area contributed by atoms with Gasteiger partial charge in [0.15, 0.2) is 0 Å². The number of nitrogens with one attached hydrogen (secondary N) is 2.